The van der Waals surface area contributed by atoms with Crippen LogP contribution in [0.5, 0.6) is 5.75 Å². The molecule has 0 aliphatic heterocycles. The first-order valence-electron chi connectivity index (χ1n) is 7.70. The molecule has 0 radical (unpaired) electrons. The first kappa shape index (κ1) is 14.6. The van der Waals surface area contributed by atoms with Crippen LogP contribution in [0.25, 0.3) is 0 Å². The zero-order valence-electron chi connectivity index (χ0n) is 12.7. The van der Waals surface area contributed by atoms with Crippen molar-refractivity contribution in [3.63, 3.8) is 0 Å². The molecule has 3 rings (SSSR count). The van der Waals surface area contributed by atoms with E-state index in [1.165, 1.54) is 36.2 Å². The van der Waals surface area contributed by atoms with Crippen LogP contribution >= 0.6 is 11.8 Å². The molecule has 1 aromatic carbocycles. The van der Waals surface area contributed by atoms with Crippen LogP contribution in [0.1, 0.15) is 32.6 Å². The molecule has 2 aliphatic carbocycles. The Morgan fingerprint density at radius 1 is 1.19 bits per heavy atom. The Morgan fingerprint density at radius 2 is 2.00 bits per heavy atom. The lowest BCUT2D eigenvalue weighted by molar-refractivity contribution is 0.236. The third kappa shape index (κ3) is 2.98. The summed E-state index contributed by atoms with van der Waals surface area (Å²) in [6.45, 7) is 2.80. The molecular formula is C18H22O2S. The average molecular weight is 302 g/mol. The fourth-order valence-electron chi connectivity index (χ4n) is 3.11. The Balaban J connectivity index is 1.86. The molecule has 0 saturated carbocycles. The lowest BCUT2D eigenvalue weighted by Crippen LogP contribution is -2.06. The topological polar surface area (TPSA) is 18.5 Å². The summed E-state index contributed by atoms with van der Waals surface area (Å²) in [6.07, 6.45) is 7.26. The van der Waals surface area contributed by atoms with Crippen molar-refractivity contribution in [2.75, 3.05) is 13.7 Å². The highest BCUT2D eigenvalue weighted by Gasteiger charge is 2.30. The second-order valence-corrected chi connectivity index (χ2v) is 6.55. The number of ether oxygens (including phenoxy) is 2. The van der Waals surface area contributed by atoms with Crippen molar-refractivity contribution in [2.45, 2.75) is 42.8 Å². The molecule has 0 saturated heterocycles. The smallest absolute Gasteiger partial charge is 0.132 e. The van der Waals surface area contributed by atoms with Gasteiger partial charge in [0.05, 0.1) is 23.9 Å². The van der Waals surface area contributed by atoms with E-state index in [9.17, 15) is 0 Å². The van der Waals surface area contributed by atoms with E-state index in [1.807, 2.05) is 23.9 Å². The Bertz CT molecular complexity index is 574. The molecule has 0 bridgehead atoms. The maximum absolute atomic E-state index is 5.86. The van der Waals surface area contributed by atoms with Gasteiger partial charge in [-0.05, 0) is 62.0 Å². The van der Waals surface area contributed by atoms with Crippen LogP contribution in [0, 0.1) is 0 Å². The van der Waals surface area contributed by atoms with Gasteiger partial charge in [0.1, 0.15) is 11.5 Å². The first-order valence-corrected chi connectivity index (χ1v) is 8.58. The van der Waals surface area contributed by atoms with E-state index < -0.39 is 0 Å². The normalized spacial score (nSPS) is 21.0. The molecule has 21 heavy (non-hydrogen) atoms. The summed E-state index contributed by atoms with van der Waals surface area (Å²) in [5.74, 6) is 2.08. The van der Waals surface area contributed by atoms with E-state index in [2.05, 4.69) is 25.1 Å². The van der Waals surface area contributed by atoms with Gasteiger partial charge in [-0.1, -0.05) is 12.1 Å². The largest absolute Gasteiger partial charge is 0.496 e. The average Bonchev–Trinajstić information content (AvgIpc) is 2.87. The number of para-hydroxylation sites is 1. The third-order valence-electron chi connectivity index (χ3n) is 4.08. The quantitative estimate of drug-likeness (QED) is 0.766. The van der Waals surface area contributed by atoms with Gasteiger partial charge in [-0.2, -0.15) is 0 Å². The van der Waals surface area contributed by atoms with Crippen molar-refractivity contribution < 1.29 is 9.47 Å². The van der Waals surface area contributed by atoms with Gasteiger partial charge >= 0.3 is 0 Å². The Labute approximate surface area is 131 Å². The number of methoxy groups -OCH3 is 1. The zero-order chi connectivity index (χ0) is 14.7. The molecule has 0 aromatic heterocycles. The molecule has 0 amide bonds. The Morgan fingerprint density at radius 3 is 2.81 bits per heavy atom. The van der Waals surface area contributed by atoms with Gasteiger partial charge in [0.25, 0.3) is 0 Å². The van der Waals surface area contributed by atoms with E-state index in [0.29, 0.717) is 5.25 Å². The maximum Gasteiger partial charge on any atom is 0.132 e. The highest BCUT2D eigenvalue weighted by Crippen LogP contribution is 2.46. The second kappa shape index (κ2) is 6.61. The molecule has 1 aromatic rings. The lowest BCUT2D eigenvalue weighted by atomic mass is 9.93. The van der Waals surface area contributed by atoms with E-state index >= 15 is 0 Å². The van der Waals surface area contributed by atoms with Gasteiger partial charge in [-0.3, -0.25) is 0 Å². The van der Waals surface area contributed by atoms with Crippen LogP contribution in [0.2, 0.25) is 0 Å². The molecule has 0 N–H and O–H groups in total. The van der Waals surface area contributed by atoms with Gasteiger partial charge in [0.15, 0.2) is 0 Å². The number of hydrogen-bond donors (Lipinski definition) is 0. The molecule has 1 atom stereocenters. The van der Waals surface area contributed by atoms with Crippen LogP contribution in [0.4, 0.5) is 0 Å². The van der Waals surface area contributed by atoms with E-state index in [1.54, 1.807) is 12.7 Å². The van der Waals surface area contributed by atoms with Crippen LogP contribution in [0.15, 0.2) is 52.1 Å². The van der Waals surface area contributed by atoms with E-state index in [-0.39, 0.29) is 0 Å². The maximum atomic E-state index is 5.86. The minimum Gasteiger partial charge on any atom is -0.496 e. The van der Waals surface area contributed by atoms with Crippen molar-refractivity contribution in [1.29, 1.82) is 0 Å². The summed E-state index contributed by atoms with van der Waals surface area (Å²) in [5, 5.41) is 0.401. The van der Waals surface area contributed by atoms with Crippen molar-refractivity contribution in [1.82, 2.24) is 0 Å². The second-order valence-electron chi connectivity index (χ2n) is 5.36. The van der Waals surface area contributed by atoms with Crippen LogP contribution in [0.3, 0.4) is 0 Å². The van der Waals surface area contributed by atoms with E-state index in [4.69, 9.17) is 9.47 Å². The molecule has 0 spiro atoms. The van der Waals surface area contributed by atoms with Crippen LogP contribution in [-0.2, 0) is 4.74 Å². The summed E-state index contributed by atoms with van der Waals surface area (Å²) < 4.78 is 11.3. The Hall–Kier alpha value is -1.35. The summed E-state index contributed by atoms with van der Waals surface area (Å²) in [5.41, 5.74) is 3.04. The highest BCUT2D eigenvalue weighted by atomic mass is 32.2. The number of hydrogen-bond acceptors (Lipinski definition) is 3. The highest BCUT2D eigenvalue weighted by molar-refractivity contribution is 8.00. The standard InChI is InChI=1S/C18H22O2S/c1-3-20-16-12-18(14-9-5-4-8-13(14)16)21-17-11-7-6-10-15(17)19-2/h6-7,10-12,18H,3-5,8-9H2,1-2H3. The van der Waals surface area contributed by atoms with Crippen molar-refractivity contribution in [3.8, 4) is 5.75 Å². The molecule has 2 aliphatic rings. The summed E-state index contributed by atoms with van der Waals surface area (Å²) in [6, 6.07) is 8.26. The molecule has 3 heteroatoms. The first-order chi connectivity index (χ1) is 10.3. The minimum atomic E-state index is 0.401. The third-order valence-corrected chi connectivity index (χ3v) is 5.34. The number of rotatable bonds is 5. The molecular weight excluding hydrogens is 280 g/mol. The van der Waals surface area contributed by atoms with Gasteiger partial charge in [0.2, 0.25) is 0 Å². The molecule has 0 fully saturated rings. The Kier molecular flexibility index (Phi) is 4.59. The molecule has 112 valence electrons. The predicted octanol–water partition coefficient (Wildman–Crippen LogP) is 4.96. The zero-order valence-corrected chi connectivity index (χ0v) is 13.5. The molecule has 2 nitrogen and oxygen atoms in total. The lowest BCUT2D eigenvalue weighted by Gasteiger charge is -2.20. The van der Waals surface area contributed by atoms with Crippen LogP contribution < -0.4 is 4.74 Å². The van der Waals surface area contributed by atoms with Crippen LogP contribution in [-0.4, -0.2) is 19.0 Å². The van der Waals surface area contributed by atoms with Crippen molar-refractivity contribution in [2.24, 2.45) is 0 Å². The van der Waals surface area contributed by atoms with Gasteiger partial charge in [0, 0.05) is 0 Å². The van der Waals surface area contributed by atoms with Crippen molar-refractivity contribution in [3.05, 3.63) is 47.2 Å². The molecule has 1 unspecified atom stereocenters. The summed E-state index contributed by atoms with van der Waals surface area (Å²) in [7, 11) is 1.74. The van der Waals surface area contributed by atoms with E-state index in [0.717, 1.165) is 18.1 Å². The minimum absolute atomic E-state index is 0.401. The fourth-order valence-corrected chi connectivity index (χ4v) is 4.40. The van der Waals surface area contributed by atoms with Gasteiger partial charge in [-0.25, -0.2) is 0 Å². The van der Waals surface area contributed by atoms with Gasteiger partial charge < -0.3 is 9.47 Å². The fraction of sp³-hybridized carbons (Fsp3) is 0.444. The van der Waals surface area contributed by atoms with Gasteiger partial charge in [-0.15, -0.1) is 11.8 Å². The summed E-state index contributed by atoms with van der Waals surface area (Å²) in [4.78, 5) is 1.21. The number of benzene rings is 1. The van der Waals surface area contributed by atoms with Crippen molar-refractivity contribution >= 4 is 11.8 Å². The predicted molar refractivity (Wildman–Crippen MR) is 87.8 cm³/mol. The summed E-state index contributed by atoms with van der Waals surface area (Å²) >= 11 is 1.88. The monoisotopic (exact) mass is 302 g/mol. The number of thioether (sulfide) groups is 1. The SMILES string of the molecule is CCOC1=CC(Sc2ccccc2OC)C2=C1CCCC2. The molecule has 0 heterocycles. The number of allylic oxidation sites excluding steroid dienone is 1.